The Morgan fingerprint density at radius 2 is 2.12 bits per heavy atom. The highest BCUT2D eigenvalue weighted by atomic mass is 35.5. The standard InChI is InChI=1S/C12H15ClFNO/c1-7(8(2)15)12(16)5-9-3-4-10(14)6-11(9)13/h3-4,6-8H,5,15H2,1-2H3. The van der Waals surface area contributed by atoms with Crippen LogP contribution in [0, 0.1) is 11.7 Å². The molecule has 0 aliphatic carbocycles. The van der Waals surface area contributed by atoms with E-state index >= 15 is 0 Å². The van der Waals surface area contributed by atoms with Crippen LogP contribution in [0.25, 0.3) is 0 Å². The second-order valence-electron chi connectivity index (χ2n) is 4.03. The Kier molecular flexibility index (Phi) is 4.44. The number of carbonyl (C=O) groups excluding carboxylic acids is 1. The molecular formula is C12H15ClFNO. The zero-order chi connectivity index (χ0) is 12.3. The molecule has 0 fully saturated rings. The van der Waals surface area contributed by atoms with Gasteiger partial charge < -0.3 is 5.73 Å². The van der Waals surface area contributed by atoms with Gasteiger partial charge in [-0.1, -0.05) is 24.6 Å². The molecule has 0 saturated carbocycles. The maximum atomic E-state index is 12.8. The van der Waals surface area contributed by atoms with Crippen LogP contribution in [0.2, 0.25) is 5.02 Å². The molecule has 4 heteroatoms. The van der Waals surface area contributed by atoms with E-state index in [0.717, 1.165) is 0 Å². The highest BCUT2D eigenvalue weighted by molar-refractivity contribution is 6.31. The first-order valence-electron chi connectivity index (χ1n) is 5.14. The van der Waals surface area contributed by atoms with E-state index in [-0.39, 0.29) is 29.2 Å². The van der Waals surface area contributed by atoms with Crippen LogP contribution < -0.4 is 5.73 Å². The van der Waals surface area contributed by atoms with Gasteiger partial charge in [-0.05, 0) is 24.6 Å². The molecule has 2 N–H and O–H groups in total. The predicted molar refractivity (Wildman–Crippen MR) is 62.9 cm³/mol. The summed E-state index contributed by atoms with van der Waals surface area (Å²) in [6, 6.07) is 3.85. The number of hydrogen-bond acceptors (Lipinski definition) is 2. The van der Waals surface area contributed by atoms with Gasteiger partial charge >= 0.3 is 0 Å². The average molecular weight is 244 g/mol. The Labute approximate surface area is 99.6 Å². The van der Waals surface area contributed by atoms with Crippen molar-refractivity contribution in [3.63, 3.8) is 0 Å². The topological polar surface area (TPSA) is 43.1 Å². The van der Waals surface area contributed by atoms with Crippen molar-refractivity contribution in [2.45, 2.75) is 26.3 Å². The minimum absolute atomic E-state index is 0.0171. The average Bonchev–Trinajstić information content (AvgIpc) is 2.20. The summed E-state index contributed by atoms with van der Waals surface area (Å²) in [5, 5.41) is 0.283. The molecule has 0 aliphatic heterocycles. The minimum atomic E-state index is -0.401. The number of ketones is 1. The van der Waals surface area contributed by atoms with Gasteiger partial charge in [0.25, 0.3) is 0 Å². The van der Waals surface area contributed by atoms with Crippen molar-refractivity contribution in [1.29, 1.82) is 0 Å². The molecule has 1 rings (SSSR count). The van der Waals surface area contributed by atoms with Crippen molar-refractivity contribution in [1.82, 2.24) is 0 Å². The van der Waals surface area contributed by atoms with Gasteiger partial charge in [0, 0.05) is 23.4 Å². The van der Waals surface area contributed by atoms with E-state index in [1.165, 1.54) is 18.2 Å². The molecule has 0 amide bonds. The Morgan fingerprint density at radius 1 is 1.50 bits per heavy atom. The fourth-order valence-electron chi connectivity index (χ4n) is 1.31. The summed E-state index contributed by atoms with van der Waals surface area (Å²) >= 11 is 5.83. The van der Waals surface area contributed by atoms with Crippen molar-refractivity contribution >= 4 is 17.4 Å². The number of carbonyl (C=O) groups is 1. The zero-order valence-electron chi connectivity index (χ0n) is 9.34. The summed E-state index contributed by atoms with van der Waals surface area (Å²) in [5.74, 6) is -0.605. The normalized spacial score (nSPS) is 14.6. The maximum absolute atomic E-state index is 12.8. The van der Waals surface area contributed by atoms with Crippen molar-refractivity contribution in [3.8, 4) is 0 Å². The summed E-state index contributed by atoms with van der Waals surface area (Å²) in [4.78, 5) is 11.8. The fourth-order valence-corrected chi connectivity index (χ4v) is 1.54. The van der Waals surface area contributed by atoms with Crippen LogP contribution in [-0.4, -0.2) is 11.8 Å². The first-order valence-corrected chi connectivity index (χ1v) is 5.52. The number of Topliss-reactive ketones (excluding diaryl/α,β-unsaturated/α-hetero) is 1. The molecule has 1 aromatic carbocycles. The second kappa shape index (κ2) is 5.41. The third-order valence-corrected chi connectivity index (χ3v) is 3.03. The molecule has 88 valence electrons. The van der Waals surface area contributed by atoms with Gasteiger partial charge in [0.15, 0.2) is 0 Å². The third-order valence-electron chi connectivity index (χ3n) is 2.68. The second-order valence-corrected chi connectivity index (χ2v) is 4.43. The molecule has 2 unspecified atom stereocenters. The van der Waals surface area contributed by atoms with Crippen molar-refractivity contribution in [2.24, 2.45) is 11.7 Å². The molecule has 0 aliphatic rings. The highest BCUT2D eigenvalue weighted by Gasteiger charge is 2.18. The van der Waals surface area contributed by atoms with Crippen LogP contribution in [0.15, 0.2) is 18.2 Å². The van der Waals surface area contributed by atoms with Gasteiger partial charge in [-0.3, -0.25) is 4.79 Å². The van der Waals surface area contributed by atoms with E-state index < -0.39 is 5.82 Å². The van der Waals surface area contributed by atoms with Crippen LogP contribution in [0.3, 0.4) is 0 Å². The van der Waals surface area contributed by atoms with E-state index in [4.69, 9.17) is 17.3 Å². The Bertz CT molecular complexity index is 393. The first kappa shape index (κ1) is 13.1. The lowest BCUT2D eigenvalue weighted by Gasteiger charge is -2.14. The lowest BCUT2D eigenvalue weighted by Crippen LogP contribution is -2.31. The lowest BCUT2D eigenvalue weighted by atomic mass is 9.94. The lowest BCUT2D eigenvalue weighted by molar-refractivity contribution is -0.122. The Balaban J connectivity index is 2.77. The van der Waals surface area contributed by atoms with Gasteiger partial charge in [0.1, 0.15) is 11.6 Å². The summed E-state index contributed by atoms with van der Waals surface area (Å²) in [6.07, 6.45) is 0.196. The summed E-state index contributed by atoms with van der Waals surface area (Å²) in [7, 11) is 0. The van der Waals surface area contributed by atoms with Crippen LogP contribution in [0.5, 0.6) is 0 Å². The quantitative estimate of drug-likeness (QED) is 0.883. The number of nitrogens with two attached hydrogens (primary N) is 1. The predicted octanol–water partition coefficient (Wildman–Crippen LogP) is 2.57. The smallest absolute Gasteiger partial charge is 0.141 e. The molecule has 0 aromatic heterocycles. The van der Waals surface area contributed by atoms with E-state index in [2.05, 4.69) is 0 Å². The first-order chi connectivity index (χ1) is 7.41. The summed E-state index contributed by atoms with van der Waals surface area (Å²) in [5.41, 5.74) is 6.28. The third kappa shape index (κ3) is 3.29. The van der Waals surface area contributed by atoms with Crippen LogP contribution in [0.4, 0.5) is 4.39 Å². The molecule has 0 heterocycles. The zero-order valence-corrected chi connectivity index (χ0v) is 10.1. The van der Waals surface area contributed by atoms with Crippen molar-refractivity contribution in [2.75, 3.05) is 0 Å². The minimum Gasteiger partial charge on any atom is -0.327 e. The molecule has 0 spiro atoms. The van der Waals surface area contributed by atoms with Gasteiger partial charge in [-0.15, -0.1) is 0 Å². The maximum Gasteiger partial charge on any atom is 0.141 e. The molecular weight excluding hydrogens is 229 g/mol. The van der Waals surface area contributed by atoms with Crippen LogP contribution in [-0.2, 0) is 11.2 Å². The van der Waals surface area contributed by atoms with E-state index in [0.29, 0.717) is 5.56 Å². The molecule has 0 bridgehead atoms. The molecule has 0 saturated heterocycles. The van der Waals surface area contributed by atoms with E-state index in [1.807, 2.05) is 0 Å². The van der Waals surface area contributed by atoms with Crippen LogP contribution in [0.1, 0.15) is 19.4 Å². The van der Waals surface area contributed by atoms with Gasteiger partial charge in [-0.2, -0.15) is 0 Å². The van der Waals surface area contributed by atoms with Crippen molar-refractivity contribution in [3.05, 3.63) is 34.6 Å². The molecule has 0 radical (unpaired) electrons. The molecule has 2 nitrogen and oxygen atoms in total. The Morgan fingerprint density at radius 3 is 2.62 bits per heavy atom. The molecule has 1 aromatic rings. The summed E-state index contributed by atoms with van der Waals surface area (Å²) < 4.78 is 12.8. The van der Waals surface area contributed by atoms with E-state index in [9.17, 15) is 9.18 Å². The Hall–Kier alpha value is -0.930. The van der Waals surface area contributed by atoms with Crippen molar-refractivity contribution < 1.29 is 9.18 Å². The van der Waals surface area contributed by atoms with Gasteiger partial charge in [0.05, 0.1) is 0 Å². The van der Waals surface area contributed by atoms with Crippen LogP contribution >= 0.6 is 11.6 Å². The number of halogens is 2. The highest BCUT2D eigenvalue weighted by Crippen LogP contribution is 2.19. The monoisotopic (exact) mass is 243 g/mol. The largest absolute Gasteiger partial charge is 0.327 e. The summed E-state index contributed by atoms with van der Waals surface area (Å²) in [6.45, 7) is 3.57. The number of hydrogen-bond donors (Lipinski definition) is 1. The SMILES string of the molecule is CC(N)C(C)C(=O)Cc1ccc(F)cc1Cl. The van der Waals surface area contributed by atoms with E-state index in [1.54, 1.807) is 13.8 Å². The fraction of sp³-hybridized carbons (Fsp3) is 0.417. The molecule has 16 heavy (non-hydrogen) atoms. The number of rotatable bonds is 4. The van der Waals surface area contributed by atoms with Gasteiger partial charge in [0.2, 0.25) is 0 Å². The van der Waals surface area contributed by atoms with Gasteiger partial charge in [-0.25, -0.2) is 4.39 Å². The molecule has 2 atom stereocenters. The number of benzene rings is 1.